The van der Waals surface area contributed by atoms with Gasteiger partial charge in [-0.1, -0.05) is 6.42 Å². The number of hydrogen-bond acceptors (Lipinski definition) is 2. The van der Waals surface area contributed by atoms with Crippen LogP contribution in [0.25, 0.3) is 0 Å². The monoisotopic (exact) mass is 189 g/mol. The van der Waals surface area contributed by atoms with E-state index >= 15 is 0 Å². The summed E-state index contributed by atoms with van der Waals surface area (Å²) in [5.41, 5.74) is 0. The van der Waals surface area contributed by atoms with Gasteiger partial charge in [0.1, 0.15) is 4.75 Å². The lowest BCUT2D eigenvalue weighted by molar-refractivity contribution is 0.336. The van der Waals surface area contributed by atoms with Gasteiger partial charge in [0, 0.05) is 24.5 Å². The van der Waals surface area contributed by atoms with E-state index in [1.54, 1.807) is 0 Å². The normalized spacial score (nSPS) is 24.0. The van der Waals surface area contributed by atoms with E-state index in [4.69, 9.17) is 0 Å². The van der Waals surface area contributed by atoms with E-state index in [1.165, 1.54) is 19.3 Å². The van der Waals surface area contributed by atoms with Gasteiger partial charge in [-0.3, -0.25) is 0 Å². The first-order valence-electron chi connectivity index (χ1n) is 4.69. The van der Waals surface area contributed by atoms with E-state index < -0.39 is 11.4 Å². The topological polar surface area (TPSA) is 26.3 Å². The third-order valence-corrected chi connectivity index (χ3v) is 3.96. The molecule has 1 aliphatic heterocycles. The number of nitrogens with zero attached hydrogens (tertiary/aromatic N) is 1. The van der Waals surface area contributed by atoms with Crippen molar-refractivity contribution in [3.63, 3.8) is 0 Å². The molecule has 0 aromatic heterocycles. The van der Waals surface area contributed by atoms with E-state index in [9.17, 15) is 4.55 Å². The molecule has 0 aliphatic carbocycles. The summed E-state index contributed by atoms with van der Waals surface area (Å²) in [4.78, 5) is 0. The molecule has 0 spiro atoms. The maximum atomic E-state index is 11.9. The molecule has 1 atom stereocenters. The highest BCUT2D eigenvalue weighted by atomic mass is 32.2. The molecule has 0 N–H and O–H groups in total. The van der Waals surface area contributed by atoms with Crippen LogP contribution in [0.2, 0.25) is 0 Å². The molecule has 0 bridgehead atoms. The Kier molecular flexibility index (Phi) is 3.44. The number of hydrogen-bond donors (Lipinski definition) is 0. The first kappa shape index (κ1) is 10.4. The Bertz CT molecular complexity index is 138. The van der Waals surface area contributed by atoms with Crippen molar-refractivity contribution in [3.8, 4) is 0 Å². The van der Waals surface area contributed by atoms with Crippen LogP contribution in [0.3, 0.4) is 0 Å². The van der Waals surface area contributed by atoms with Crippen molar-refractivity contribution < 1.29 is 4.55 Å². The molecular formula is C9H19NOS. The summed E-state index contributed by atoms with van der Waals surface area (Å²) in [7, 11) is 0. The second-order valence-electron chi connectivity index (χ2n) is 4.35. The second kappa shape index (κ2) is 3.99. The Hall–Kier alpha value is 0.270. The molecule has 1 aliphatic rings. The largest absolute Gasteiger partial charge is 0.598 e. The second-order valence-corrected chi connectivity index (χ2v) is 6.59. The number of rotatable bonds is 1. The molecule has 2 nitrogen and oxygen atoms in total. The molecule has 1 rings (SSSR count). The van der Waals surface area contributed by atoms with Gasteiger partial charge < -0.3 is 4.55 Å². The van der Waals surface area contributed by atoms with Gasteiger partial charge in [0.05, 0.1) is 0 Å². The summed E-state index contributed by atoms with van der Waals surface area (Å²) in [6.45, 7) is 8.15. The van der Waals surface area contributed by atoms with E-state index in [-0.39, 0.29) is 4.75 Å². The van der Waals surface area contributed by atoms with Crippen LogP contribution in [0, 0.1) is 0 Å². The molecular weight excluding hydrogens is 170 g/mol. The minimum absolute atomic E-state index is 0.0860. The molecule has 0 aromatic carbocycles. The van der Waals surface area contributed by atoms with Gasteiger partial charge in [0.15, 0.2) is 0 Å². The molecule has 1 heterocycles. The first-order chi connectivity index (χ1) is 5.52. The Morgan fingerprint density at radius 3 is 2.00 bits per heavy atom. The average molecular weight is 189 g/mol. The fraction of sp³-hybridized carbons (Fsp3) is 1.00. The van der Waals surface area contributed by atoms with Crippen molar-refractivity contribution in [2.24, 2.45) is 0 Å². The van der Waals surface area contributed by atoms with Crippen molar-refractivity contribution in [1.82, 2.24) is 4.31 Å². The van der Waals surface area contributed by atoms with Gasteiger partial charge in [0.25, 0.3) is 0 Å². The summed E-state index contributed by atoms with van der Waals surface area (Å²) in [6, 6.07) is 0. The van der Waals surface area contributed by atoms with E-state index in [0.717, 1.165) is 13.1 Å². The zero-order valence-corrected chi connectivity index (χ0v) is 9.12. The number of piperidine rings is 1. The molecule has 3 heteroatoms. The van der Waals surface area contributed by atoms with Gasteiger partial charge >= 0.3 is 0 Å². The van der Waals surface area contributed by atoms with Crippen LogP contribution < -0.4 is 0 Å². The lowest BCUT2D eigenvalue weighted by Crippen LogP contribution is -2.45. The van der Waals surface area contributed by atoms with Crippen LogP contribution in [-0.2, 0) is 11.4 Å². The van der Waals surface area contributed by atoms with Gasteiger partial charge in [-0.2, -0.15) is 0 Å². The predicted molar refractivity (Wildman–Crippen MR) is 53.3 cm³/mol. The fourth-order valence-corrected chi connectivity index (χ4v) is 2.78. The van der Waals surface area contributed by atoms with Gasteiger partial charge in [-0.25, -0.2) is 0 Å². The molecule has 1 fully saturated rings. The smallest absolute Gasteiger partial charge is 0.137 e. The first-order valence-corrected chi connectivity index (χ1v) is 5.79. The summed E-state index contributed by atoms with van der Waals surface area (Å²) in [5.74, 6) is 0. The minimum Gasteiger partial charge on any atom is -0.598 e. The third kappa shape index (κ3) is 2.64. The Morgan fingerprint density at radius 1 is 1.08 bits per heavy atom. The highest BCUT2D eigenvalue weighted by molar-refractivity contribution is 7.90. The summed E-state index contributed by atoms with van der Waals surface area (Å²) in [6.07, 6.45) is 3.72. The van der Waals surface area contributed by atoms with E-state index in [0.29, 0.717) is 0 Å². The van der Waals surface area contributed by atoms with E-state index in [1.807, 2.05) is 20.8 Å². The lowest BCUT2D eigenvalue weighted by Gasteiger charge is -2.34. The van der Waals surface area contributed by atoms with Crippen LogP contribution in [0.15, 0.2) is 0 Å². The van der Waals surface area contributed by atoms with Gasteiger partial charge in [-0.15, -0.1) is 4.31 Å². The molecule has 1 saturated heterocycles. The lowest BCUT2D eigenvalue weighted by atomic mass is 10.2. The van der Waals surface area contributed by atoms with Gasteiger partial charge in [0.2, 0.25) is 0 Å². The zero-order chi connectivity index (χ0) is 9.19. The van der Waals surface area contributed by atoms with Crippen LogP contribution in [0.1, 0.15) is 40.0 Å². The highest BCUT2D eigenvalue weighted by Crippen LogP contribution is 2.23. The van der Waals surface area contributed by atoms with Crippen LogP contribution in [-0.4, -0.2) is 26.7 Å². The maximum absolute atomic E-state index is 11.9. The standard InChI is InChI=1S/C9H19NOS/c1-9(2,3)12(11)10-7-5-4-6-8-10/h4-8H2,1-3H3/t12-/m1/s1. The van der Waals surface area contributed by atoms with Crippen LogP contribution >= 0.6 is 0 Å². The van der Waals surface area contributed by atoms with Crippen molar-refractivity contribution in [2.75, 3.05) is 13.1 Å². The predicted octanol–water partition coefficient (Wildman–Crippen LogP) is 1.93. The molecule has 72 valence electrons. The van der Waals surface area contributed by atoms with Crippen LogP contribution in [0.5, 0.6) is 0 Å². The Balaban J connectivity index is 2.45. The Labute approximate surface area is 78.6 Å². The molecule has 0 radical (unpaired) electrons. The molecule has 0 saturated carbocycles. The third-order valence-electron chi connectivity index (χ3n) is 2.07. The van der Waals surface area contributed by atoms with Crippen molar-refractivity contribution >= 4 is 11.4 Å². The summed E-state index contributed by atoms with van der Waals surface area (Å²) < 4.78 is 13.9. The molecule has 12 heavy (non-hydrogen) atoms. The quantitative estimate of drug-likeness (QED) is 0.589. The zero-order valence-electron chi connectivity index (χ0n) is 8.30. The SMILES string of the molecule is CC(C)(C)[S@@+]([O-])N1CCCCC1. The molecule has 0 aromatic rings. The Morgan fingerprint density at radius 2 is 1.58 bits per heavy atom. The fourth-order valence-electron chi connectivity index (χ4n) is 1.42. The minimum atomic E-state index is -0.790. The van der Waals surface area contributed by atoms with Crippen molar-refractivity contribution in [2.45, 2.75) is 44.8 Å². The van der Waals surface area contributed by atoms with Crippen molar-refractivity contribution in [1.29, 1.82) is 0 Å². The maximum Gasteiger partial charge on any atom is 0.137 e. The molecule has 0 unspecified atom stereocenters. The van der Waals surface area contributed by atoms with Crippen LogP contribution in [0.4, 0.5) is 0 Å². The highest BCUT2D eigenvalue weighted by Gasteiger charge is 2.33. The van der Waals surface area contributed by atoms with E-state index in [2.05, 4.69) is 4.31 Å². The molecule has 0 amide bonds. The average Bonchev–Trinajstić information content (AvgIpc) is 2.03. The summed E-state index contributed by atoms with van der Waals surface area (Å²) >= 11 is -0.790. The summed E-state index contributed by atoms with van der Waals surface area (Å²) in [5, 5.41) is 0. The van der Waals surface area contributed by atoms with Gasteiger partial charge in [-0.05, 0) is 33.6 Å². The van der Waals surface area contributed by atoms with Crippen molar-refractivity contribution in [3.05, 3.63) is 0 Å².